The van der Waals surface area contributed by atoms with E-state index >= 15 is 0 Å². The molecule has 0 atom stereocenters. The monoisotopic (exact) mass is 369 g/mol. The van der Waals surface area contributed by atoms with Crippen LogP contribution in [0.3, 0.4) is 0 Å². The maximum absolute atomic E-state index is 12.1. The van der Waals surface area contributed by atoms with Crippen LogP contribution in [-0.4, -0.2) is 59.8 Å². The predicted molar refractivity (Wildman–Crippen MR) is 84.3 cm³/mol. The van der Waals surface area contributed by atoms with Crippen molar-refractivity contribution in [2.75, 3.05) is 19.6 Å². The molecule has 1 saturated heterocycles. The summed E-state index contributed by atoms with van der Waals surface area (Å²) in [7, 11) is 0. The second-order valence-corrected chi connectivity index (χ2v) is 5.35. The molecule has 8 nitrogen and oxygen atoms in total. The molecule has 0 unspecified atom stereocenters. The maximum Gasteiger partial charge on any atom is 0.387 e. The van der Waals surface area contributed by atoms with Crippen LogP contribution in [-0.2, 0) is 20.8 Å². The van der Waals surface area contributed by atoms with Crippen LogP contribution >= 0.6 is 0 Å². The number of imide groups is 2. The second kappa shape index (κ2) is 8.37. The number of carbonyl (C=O) groups is 4. The lowest BCUT2D eigenvalue weighted by atomic mass is 10.1. The van der Waals surface area contributed by atoms with Crippen molar-refractivity contribution in [2.45, 2.75) is 20.0 Å². The number of urea groups is 1. The quantitative estimate of drug-likeness (QED) is 0.539. The highest BCUT2D eigenvalue weighted by atomic mass is 19.3. The molecule has 1 aliphatic heterocycles. The number of rotatable bonds is 8. The molecule has 0 bridgehead atoms. The first-order valence-corrected chi connectivity index (χ1v) is 7.81. The Balaban J connectivity index is 1.79. The second-order valence-electron chi connectivity index (χ2n) is 5.35. The fraction of sp³-hybridized carbons (Fsp3) is 0.375. The van der Waals surface area contributed by atoms with Gasteiger partial charge < -0.3 is 10.1 Å². The number of amides is 5. The van der Waals surface area contributed by atoms with Crippen molar-refractivity contribution in [1.82, 2.24) is 15.1 Å². The van der Waals surface area contributed by atoms with Crippen LogP contribution in [0.4, 0.5) is 13.6 Å². The van der Waals surface area contributed by atoms with Crippen molar-refractivity contribution in [2.24, 2.45) is 0 Å². The van der Waals surface area contributed by atoms with E-state index in [0.717, 1.165) is 10.5 Å². The highest BCUT2D eigenvalue weighted by Crippen LogP contribution is 2.15. The first kappa shape index (κ1) is 19.3. The minimum absolute atomic E-state index is 0.0315. The smallest absolute Gasteiger partial charge is 0.387 e. The number of alkyl halides is 2. The van der Waals surface area contributed by atoms with Gasteiger partial charge in [-0.05, 0) is 31.0 Å². The predicted octanol–water partition coefficient (Wildman–Crippen LogP) is 0.757. The SMILES string of the molecule is CCN1C(=O)C(=O)N(CC(=O)NCCc2ccc(OC(F)F)cc2)C1=O. The molecule has 1 heterocycles. The molecule has 5 amide bonds. The molecule has 1 aromatic carbocycles. The molecule has 0 aliphatic carbocycles. The Labute approximate surface area is 147 Å². The third-order valence-corrected chi connectivity index (χ3v) is 3.64. The molecule has 0 radical (unpaired) electrons. The van der Waals surface area contributed by atoms with Gasteiger partial charge in [-0.15, -0.1) is 0 Å². The summed E-state index contributed by atoms with van der Waals surface area (Å²) >= 11 is 0. The molecule has 10 heteroatoms. The van der Waals surface area contributed by atoms with Gasteiger partial charge in [0, 0.05) is 13.1 Å². The first-order valence-electron chi connectivity index (χ1n) is 7.81. The zero-order valence-corrected chi connectivity index (χ0v) is 13.9. The number of likely N-dealkylation sites (N-methyl/N-ethyl adjacent to an activating group) is 1. The molecular weight excluding hydrogens is 352 g/mol. The van der Waals surface area contributed by atoms with Crippen LogP contribution in [0.15, 0.2) is 24.3 Å². The van der Waals surface area contributed by atoms with E-state index in [-0.39, 0.29) is 18.8 Å². The number of nitrogens with one attached hydrogen (secondary N) is 1. The Morgan fingerprint density at radius 1 is 1.12 bits per heavy atom. The van der Waals surface area contributed by atoms with Crippen LogP contribution in [0.5, 0.6) is 5.75 Å². The van der Waals surface area contributed by atoms with Crippen LogP contribution in [0.2, 0.25) is 0 Å². The van der Waals surface area contributed by atoms with E-state index in [0.29, 0.717) is 11.3 Å². The van der Waals surface area contributed by atoms with E-state index in [1.165, 1.54) is 12.1 Å². The fourth-order valence-corrected chi connectivity index (χ4v) is 2.35. The van der Waals surface area contributed by atoms with Gasteiger partial charge in [-0.2, -0.15) is 8.78 Å². The number of hydrogen-bond donors (Lipinski definition) is 1. The van der Waals surface area contributed by atoms with Crippen LogP contribution < -0.4 is 10.1 Å². The molecule has 2 rings (SSSR count). The van der Waals surface area contributed by atoms with E-state index < -0.39 is 36.9 Å². The summed E-state index contributed by atoms with van der Waals surface area (Å²) in [6, 6.07) is 5.11. The number of ether oxygens (including phenoxy) is 1. The van der Waals surface area contributed by atoms with Crippen molar-refractivity contribution in [1.29, 1.82) is 0 Å². The summed E-state index contributed by atoms with van der Waals surface area (Å²) in [5.41, 5.74) is 0.771. The van der Waals surface area contributed by atoms with E-state index in [1.54, 1.807) is 19.1 Å². The third-order valence-electron chi connectivity index (χ3n) is 3.64. The number of hydrogen-bond acceptors (Lipinski definition) is 5. The van der Waals surface area contributed by atoms with Crippen molar-refractivity contribution in [3.05, 3.63) is 29.8 Å². The van der Waals surface area contributed by atoms with E-state index in [2.05, 4.69) is 10.1 Å². The fourth-order valence-electron chi connectivity index (χ4n) is 2.35. The molecular formula is C16H17F2N3O5. The molecule has 1 N–H and O–H groups in total. The largest absolute Gasteiger partial charge is 0.435 e. The highest BCUT2D eigenvalue weighted by Gasteiger charge is 2.44. The number of carbonyl (C=O) groups excluding carboxylic acids is 4. The van der Waals surface area contributed by atoms with Crippen molar-refractivity contribution < 1.29 is 32.7 Å². The summed E-state index contributed by atoms with van der Waals surface area (Å²) in [5, 5.41) is 2.53. The Bertz CT molecular complexity index is 708. The Kier molecular flexibility index (Phi) is 6.21. The molecule has 0 saturated carbocycles. The van der Waals surface area contributed by atoms with Gasteiger partial charge in [-0.1, -0.05) is 12.1 Å². The van der Waals surface area contributed by atoms with Gasteiger partial charge in [-0.3, -0.25) is 19.3 Å². The molecule has 1 fully saturated rings. The van der Waals surface area contributed by atoms with Gasteiger partial charge in [0.25, 0.3) is 0 Å². The van der Waals surface area contributed by atoms with Crippen molar-refractivity contribution >= 4 is 23.8 Å². The lowest BCUT2D eigenvalue weighted by Crippen LogP contribution is -2.41. The third kappa shape index (κ3) is 4.52. The zero-order valence-electron chi connectivity index (χ0n) is 13.9. The van der Waals surface area contributed by atoms with Crippen LogP contribution in [0.25, 0.3) is 0 Å². The molecule has 1 aromatic rings. The summed E-state index contributed by atoms with van der Waals surface area (Å²) < 4.78 is 28.3. The van der Waals surface area contributed by atoms with Gasteiger partial charge in [0.2, 0.25) is 5.91 Å². The van der Waals surface area contributed by atoms with Gasteiger partial charge >= 0.3 is 24.5 Å². The molecule has 0 spiro atoms. The maximum atomic E-state index is 12.1. The molecule has 26 heavy (non-hydrogen) atoms. The number of benzene rings is 1. The van der Waals surface area contributed by atoms with Gasteiger partial charge in [-0.25, -0.2) is 9.69 Å². The molecule has 1 aliphatic rings. The zero-order chi connectivity index (χ0) is 19.3. The summed E-state index contributed by atoms with van der Waals surface area (Å²) in [5.74, 6) is -2.53. The van der Waals surface area contributed by atoms with E-state index in [4.69, 9.17) is 0 Å². The molecule has 140 valence electrons. The number of halogens is 2. The van der Waals surface area contributed by atoms with Gasteiger partial charge in [0.15, 0.2) is 0 Å². The Morgan fingerprint density at radius 2 is 1.73 bits per heavy atom. The first-order chi connectivity index (χ1) is 12.3. The Hall–Kier alpha value is -3.04. The summed E-state index contributed by atoms with van der Waals surface area (Å²) in [4.78, 5) is 48.3. The normalized spacial score (nSPS) is 14.4. The lowest BCUT2D eigenvalue weighted by Gasteiger charge is -2.14. The highest BCUT2D eigenvalue weighted by molar-refractivity contribution is 6.45. The Morgan fingerprint density at radius 3 is 2.27 bits per heavy atom. The molecule has 0 aromatic heterocycles. The topological polar surface area (TPSA) is 96.0 Å². The van der Waals surface area contributed by atoms with Crippen LogP contribution in [0, 0.1) is 0 Å². The average molecular weight is 369 g/mol. The van der Waals surface area contributed by atoms with E-state index in [9.17, 15) is 28.0 Å². The van der Waals surface area contributed by atoms with Gasteiger partial charge in [0.05, 0.1) is 0 Å². The standard InChI is InChI=1S/C16H17F2N3O5/c1-2-20-13(23)14(24)21(16(20)25)9-12(22)19-8-7-10-3-5-11(6-4-10)26-15(17)18/h3-6,15H,2,7-9H2,1H3,(H,19,22). The van der Waals surface area contributed by atoms with Crippen molar-refractivity contribution in [3.63, 3.8) is 0 Å². The van der Waals surface area contributed by atoms with Gasteiger partial charge in [0.1, 0.15) is 12.3 Å². The van der Waals surface area contributed by atoms with Crippen molar-refractivity contribution in [3.8, 4) is 5.75 Å². The van der Waals surface area contributed by atoms with E-state index in [1.807, 2.05) is 0 Å². The lowest BCUT2D eigenvalue weighted by molar-refractivity contribution is -0.143. The minimum atomic E-state index is -2.90. The summed E-state index contributed by atoms with van der Waals surface area (Å²) in [6.45, 7) is -1.64. The summed E-state index contributed by atoms with van der Waals surface area (Å²) in [6.07, 6.45) is 0.405. The van der Waals surface area contributed by atoms with Crippen LogP contribution in [0.1, 0.15) is 12.5 Å². The average Bonchev–Trinajstić information content (AvgIpc) is 2.79. The minimum Gasteiger partial charge on any atom is -0.435 e. The number of nitrogens with zero attached hydrogens (tertiary/aromatic N) is 2.